The number of rotatable bonds is 8. The van der Waals surface area contributed by atoms with Gasteiger partial charge in [0.2, 0.25) is 5.95 Å². The van der Waals surface area contributed by atoms with Gasteiger partial charge in [-0.05, 0) is 6.42 Å². The number of anilines is 3. The summed E-state index contributed by atoms with van der Waals surface area (Å²) in [5, 5.41) is 6.05. The van der Waals surface area contributed by atoms with Crippen LogP contribution in [0.15, 0.2) is 6.07 Å². The van der Waals surface area contributed by atoms with Gasteiger partial charge < -0.3 is 16.4 Å². The molecule has 8 heteroatoms. The first-order valence-corrected chi connectivity index (χ1v) is 8.11. The SMILES string of the molecule is CCCNc1cc(NCCS(=O)(=O)CC)nc(N)n1. The lowest BCUT2D eigenvalue weighted by atomic mass is 10.4. The summed E-state index contributed by atoms with van der Waals surface area (Å²) in [4.78, 5) is 8.05. The normalized spacial score (nSPS) is 11.3. The highest BCUT2D eigenvalue weighted by molar-refractivity contribution is 7.91. The molecule has 0 aromatic carbocycles. The Kier molecular flexibility index (Phi) is 5.81. The molecule has 1 aromatic heterocycles. The topological polar surface area (TPSA) is 110 Å². The van der Waals surface area contributed by atoms with Crippen molar-refractivity contribution in [2.45, 2.75) is 20.3 Å². The van der Waals surface area contributed by atoms with Gasteiger partial charge in [-0.15, -0.1) is 0 Å². The molecule has 0 spiro atoms. The second-order valence-electron chi connectivity index (χ2n) is 4.09. The summed E-state index contributed by atoms with van der Waals surface area (Å²) in [6, 6.07) is 1.71. The van der Waals surface area contributed by atoms with Crippen LogP contribution in [-0.4, -0.2) is 43.0 Å². The van der Waals surface area contributed by atoms with Crippen LogP contribution in [0.2, 0.25) is 0 Å². The predicted molar refractivity (Wildman–Crippen MR) is 78.0 cm³/mol. The van der Waals surface area contributed by atoms with Crippen LogP contribution in [0, 0.1) is 0 Å². The second-order valence-corrected chi connectivity index (χ2v) is 6.56. The lowest BCUT2D eigenvalue weighted by Crippen LogP contribution is -2.18. The molecule has 7 nitrogen and oxygen atoms in total. The van der Waals surface area contributed by atoms with Crippen LogP contribution < -0.4 is 16.4 Å². The van der Waals surface area contributed by atoms with Gasteiger partial charge in [0.05, 0.1) is 5.75 Å². The van der Waals surface area contributed by atoms with E-state index >= 15 is 0 Å². The zero-order valence-corrected chi connectivity index (χ0v) is 12.1. The van der Waals surface area contributed by atoms with E-state index in [4.69, 9.17) is 5.73 Å². The molecule has 0 fully saturated rings. The molecule has 0 aliphatic rings. The molecule has 0 amide bonds. The molecular formula is C11H21N5O2S. The van der Waals surface area contributed by atoms with Gasteiger partial charge in [-0.1, -0.05) is 13.8 Å². The van der Waals surface area contributed by atoms with Crippen LogP contribution in [0.25, 0.3) is 0 Å². The molecule has 108 valence electrons. The van der Waals surface area contributed by atoms with Crippen LogP contribution in [0.3, 0.4) is 0 Å². The Balaban J connectivity index is 2.60. The van der Waals surface area contributed by atoms with E-state index in [1.54, 1.807) is 13.0 Å². The minimum absolute atomic E-state index is 0.0745. The third kappa shape index (κ3) is 5.73. The third-order valence-corrected chi connectivity index (χ3v) is 4.16. The minimum Gasteiger partial charge on any atom is -0.370 e. The standard InChI is InChI=1S/C11H21N5O2S/c1-3-5-13-9-8-10(16-11(12)15-9)14-6-7-19(17,18)4-2/h8H,3-7H2,1-2H3,(H4,12,13,14,15,16). The summed E-state index contributed by atoms with van der Waals surface area (Å²) in [7, 11) is -2.98. The average molecular weight is 287 g/mol. The highest BCUT2D eigenvalue weighted by atomic mass is 32.2. The molecule has 0 atom stereocenters. The largest absolute Gasteiger partial charge is 0.370 e. The lowest BCUT2D eigenvalue weighted by Gasteiger charge is -2.09. The Hall–Kier alpha value is -1.57. The van der Waals surface area contributed by atoms with E-state index in [0.29, 0.717) is 18.2 Å². The maximum Gasteiger partial charge on any atom is 0.223 e. The van der Waals surface area contributed by atoms with Gasteiger partial charge in [-0.2, -0.15) is 9.97 Å². The Morgan fingerprint density at radius 1 is 1.16 bits per heavy atom. The van der Waals surface area contributed by atoms with Crippen LogP contribution in [0.5, 0.6) is 0 Å². The molecular weight excluding hydrogens is 266 g/mol. The van der Waals surface area contributed by atoms with E-state index < -0.39 is 9.84 Å². The van der Waals surface area contributed by atoms with Gasteiger partial charge in [-0.25, -0.2) is 8.42 Å². The summed E-state index contributed by atoms with van der Waals surface area (Å²) in [5.41, 5.74) is 5.59. The quantitative estimate of drug-likeness (QED) is 0.646. The number of nitrogens with two attached hydrogens (primary N) is 1. The monoisotopic (exact) mass is 287 g/mol. The minimum atomic E-state index is -2.98. The van der Waals surface area contributed by atoms with Gasteiger partial charge in [0.1, 0.15) is 11.6 Å². The molecule has 4 N–H and O–H groups in total. The van der Waals surface area contributed by atoms with E-state index in [9.17, 15) is 8.42 Å². The van der Waals surface area contributed by atoms with Gasteiger partial charge in [0.25, 0.3) is 0 Å². The highest BCUT2D eigenvalue weighted by Crippen LogP contribution is 2.12. The van der Waals surface area contributed by atoms with Crippen LogP contribution in [0.1, 0.15) is 20.3 Å². The Bertz CT molecular complexity index is 504. The first-order chi connectivity index (χ1) is 8.96. The fourth-order valence-electron chi connectivity index (χ4n) is 1.38. The van der Waals surface area contributed by atoms with Crippen molar-refractivity contribution < 1.29 is 8.42 Å². The fourth-order valence-corrected chi connectivity index (χ4v) is 2.08. The van der Waals surface area contributed by atoms with Crippen molar-refractivity contribution in [2.24, 2.45) is 0 Å². The van der Waals surface area contributed by atoms with E-state index in [0.717, 1.165) is 13.0 Å². The molecule has 0 radical (unpaired) electrons. The lowest BCUT2D eigenvalue weighted by molar-refractivity contribution is 0.597. The molecule has 0 saturated carbocycles. The molecule has 1 heterocycles. The van der Waals surface area contributed by atoms with Crippen LogP contribution in [0.4, 0.5) is 17.6 Å². The van der Waals surface area contributed by atoms with E-state index in [2.05, 4.69) is 20.6 Å². The number of nitrogen functional groups attached to an aromatic ring is 1. The molecule has 1 aromatic rings. The van der Waals surface area contributed by atoms with Crippen LogP contribution in [-0.2, 0) is 9.84 Å². The van der Waals surface area contributed by atoms with Crippen molar-refractivity contribution in [2.75, 3.05) is 41.0 Å². The van der Waals surface area contributed by atoms with Gasteiger partial charge in [0, 0.05) is 24.9 Å². The summed E-state index contributed by atoms with van der Waals surface area (Å²) < 4.78 is 22.7. The smallest absolute Gasteiger partial charge is 0.223 e. The third-order valence-electron chi connectivity index (χ3n) is 2.46. The van der Waals surface area contributed by atoms with Crippen molar-refractivity contribution >= 4 is 27.4 Å². The summed E-state index contributed by atoms with van der Waals surface area (Å²) in [5.74, 6) is 1.53. The van der Waals surface area contributed by atoms with Crippen molar-refractivity contribution in [1.29, 1.82) is 0 Å². The maximum atomic E-state index is 11.4. The molecule has 19 heavy (non-hydrogen) atoms. The summed E-state index contributed by atoms with van der Waals surface area (Å²) >= 11 is 0. The molecule has 0 aliphatic heterocycles. The van der Waals surface area contributed by atoms with Gasteiger partial charge in [0.15, 0.2) is 9.84 Å². The molecule has 0 aliphatic carbocycles. The van der Waals surface area contributed by atoms with E-state index in [1.807, 2.05) is 6.92 Å². The number of aromatic nitrogens is 2. The fraction of sp³-hybridized carbons (Fsp3) is 0.636. The summed E-state index contributed by atoms with van der Waals surface area (Å²) in [6.07, 6.45) is 0.974. The van der Waals surface area contributed by atoms with Crippen molar-refractivity contribution in [3.05, 3.63) is 6.07 Å². The highest BCUT2D eigenvalue weighted by Gasteiger charge is 2.07. The van der Waals surface area contributed by atoms with Crippen molar-refractivity contribution in [1.82, 2.24) is 9.97 Å². The van der Waals surface area contributed by atoms with Gasteiger partial charge >= 0.3 is 0 Å². The van der Waals surface area contributed by atoms with Crippen molar-refractivity contribution in [3.8, 4) is 0 Å². The van der Waals surface area contributed by atoms with Crippen LogP contribution >= 0.6 is 0 Å². The number of hydrogen-bond acceptors (Lipinski definition) is 7. The molecule has 0 bridgehead atoms. The first-order valence-electron chi connectivity index (χ1n) is 6.29. The first kappa shape index (κ1) is 15.5. The zero-order valence-electron chi connectivity index (χ0n) is 11.3. The second kappa shape index (κ2) is 7.13. The average Bonchev–Trinajstić information content (AvgIpc) is 2.35. The van der Waals surface area contributed by atoms with E-state index in [-0.39, 0.29) is 17.5 Å². The number of sulfone groups is 1. The number of hydrogen-bond donors (Lipinski definition) is 3. The predicted octanol–water partition coefficient (Wildman–Crippen LogP) is 0.727. The molecule has 0 unspecified atom stereocenters. The number of nitrogens with zero attached hydrogens (tertiary/aromatic N) is 2. The zero-order chi connectivity index (χ0) is 14.3. The Labute approximate surface area is 113 Å². The molecule has 1 rings (SSSR count). The maximum absolute atomic E-state index is 11.4. The Morgan fingerprint density at radius 2 is 1.74 bits per heavy atom. The Morgan fingerprint density at radius 3 is 2.26 bits per heavy atom. The molecule has 0 saturated heterocycles. The summed E-state index contributed by atoms with van der Waals surface area (Å²) in [6.45, 7) is 4.77. The van der Waals surface area contributed by atoms with Gasteiger partial charge in [-0.3, -0.25) is 0 Å². The number of nitrogens with one attached hydrogen (secondary N) is 2. The van der Waals surface area contributed by atoms with E-state index in [1.165, 1.54) is 0 Å². The van der Waals surface area contributed by atoms with Crippen molar-refractivity contribution in [3.63, 3.8) is 0 Å².